The first-order valence-corrected chi connectivity index (χ1v) is 3.25. The molecule has 0 bridgehead atoms. The fourth-order valence-corrected chi connectivity index (χ4v) is 0.608. The van der Waals surface area contributed by atoms with Crippen LogP contribution in [0.4, 0.5) is 0 Å². The van der Waals surface area contributed by atoms with Gasteiger partial charge in [0.1, 0.15) is 0 Å². The summed E-state index contributed by atoms with van der Waals surface area (Å²) in [6.45, 7) is 3.20. The largest absolute Gasteiger partial charge is 0.404 e. The van der Waals surface area contributed by atoms with Crippen LogP contribution in [0.2, 0.25) is 0 Å². The molecular formula is C7H15N3O. The lowest BCUT2D eigenvalue weighted by atomic mass is 9.99. The Balaban J connectivity index is 4.60. The average Bonchev–Trinajstić information content (AvgIpc) is 1.79. The molecule has 0 unspecified atom stereocenters. The van der Waals surface area contributed by atoms with Crippen molar-refractivity contribution < 1.29 is 5.11 Å². The van der Waals surface area contributed by atoms with Crippen molar-refractivity contribution in [2.24, 2.45) is 17.2 Å². The Morgan fingerprint density at radius 2 is 1.82 bits per heavy atom. The van der Waals surface area contributed by atoms with Crippen molar-refractivity contribution in [3.05, 3.63) is 23.7 Å². The summed E-state index contributed by atoms with van der Waals surface area (Å²) in [5, 5.41) is 9.42. The summed E-state index contributed by atoms with van der Waals surface area (Å²) >= 11 is 0. The molecule has 0 saturated heterocycles. The highest BCUT2D eigenvalue weighted by molar-refractivity contribution is 5.27. The maximum Gasteiger partial charge on any atom is 0.0937 e. The summed E-state index contributed by atoms with van der Waals surface area (Å²) in [7, 11) is 0. The van der Waals surface area contributed by atoms with E-state index >= 15 is 0 Å². The van der Waals surface area contributed by atoms with Crippen molar-refractivity contribution in [3.63, 3.8) is 0 Å². The lowest BCUT2D eigenvalue weighted by Crippen LogP contribution is -2.23. The predicted molar refractivity (Wildman–Crippen MR) is 45.0 cm³/mol. The molecular weight excluding hydrogens is 142 g/mol. The van der Waals surface area contributed by atoms with Crippen LogP contribution in [0, 0.1) is 0 Å². The van der Waals surface area contributed by atoms with Crippen molar-refractivity contribution in [2.75, 3.05) is 0 Å². The van der Waals surface area contributed by atoms with E-state index in [-0.39, 0.29) is 5.82 Å². The molecule has 0 fully saturated rings. The van der Waals surface area contributed by atoms with Gasteiger partial charge in [0, 0.05) is 11.8 Å². The molecule has 11 heavy (non-hydrogen) atoms. The maximum absolute atomic E-state index is 9.42. The Labute approximate surface area is 66.4 Å². The highest BCUT2D eigenvalue weighted by Gasteiger charge is 2.16. The molecule has 0 aromatic heterocycles. The zero-order valence-corrected chi connectivity index (χ0v) is 6.83. The van der Waals surface area contributed by atoms with E-state index in [4.69, 9.17) is 17.2 Å². The van der Waals surface area contributed by atoms with Gasteiger partial charge >= 0.3 is 0 Å². The minimum atomic E-state index is -1.00. The molecule has 0 rings (SSSR count). The molecule has 0 aliphatic heterocycles. The molecule has 0 heterocycles. The Hall–Kier alpha value is -1.16. The van der Waals surface area contributed by atoms with Crippen LogP contribution in [-0.2, 0) is 0 Å². The summed E-state index contributed by atoms with van der Waals surface area (Å²) in [6, 6.07) is 0. The normalized spacial score (nSPS) is 12.8. The van der Waals surface area contributed by atoms with Crippen molar-refractivity contribution in [1.29, 1.82) is 0 Å². The Bertz CT molecular complexity index is 184. The summed E-state index contributed by atoms with van der Waals surface area (Å²) in [4.78, 5) is 0. The number of hydrogen-bond donors (Lipinski definition) is 4. The molecule has 64 valence electrons. The van der Waals surface area contributed by atoms with E-state index in [1.807, 2.05) is 0 Å². The van der Waals surface area contributed by atoms with Crippen molar-refractivity contribution in [1.82, 2.24) is 0 Å². The van der Waals surface area contributed by atoms with Gasteiger partial charge in [-0.15, -0.1) is 0 Å². The minimum absolute atomic E-state index is 0.129. The third-order valence-corrected chi connectivity index (χ3v) is 1.21. The summed E-state index contributed by atoms with van der Waals surface area (Å²) < 4.78 is 0. The van der Waals surface area contributed by atoms with Gasteiger partial charge in [0.05, 0.1) is 11.4 Å². The summed E-state index contributed by atoms with van der Waals surface area (Å²) in [5.41, 5.74) is 15.1. The van der Waals surface area contributed by atoms with Gasteiger partial charge in [0.15, 0.2) is 0 Å². The van der Waals surface area contributed by atoms with Gasteiger partial charge in [0.25, 0.3) is 0 Å². The Morgan fingerprint density at radius 3 is 1.91 bits per heavy atom. The molecule has 0 aromatic rings. The lowest BCUT2D eigenvalue weighted by molar-refractivity contribution is 0.123. The van der Waals surface area contributed by atoms with Gasteiger partial charge in [-0.3, -0.25) is 0 Å². The highest BCUT2D eigenvalue weighted by Crippen LogP contribution is 2.15. The third-order valence-electron chi connectivity index (χ3n) is 1.21. The molecule has 0 aliphatic rings. The van der Waals surface area contributed by atoms with Gasteiger partial charge in [-0.2, -0.15) is 0 Å². The molecule has 4 heteroatoms. The second-order valence-corrected chi connectivity index (χ2v) is 2.83. The average molecular weight is 157 g/mol. The van der Waals surface area contributed by atoms with Gasteiger partial charge in [-0.1, -0.05) is 0 Å². The second-order valence-electron chi connectivity index (χ2n) is 2.83. The highest BCUT2D eigenvalue weighted by atomic mass is 16.3. The van der Waals surface area contributed by atoms with Crippen LogP contribution in [0.25, 0.3) is 0 Å². The number of rotatable bonds is 2. The van der Waals surface area contributed by atoms with E-state index in [1.165, 1.54) is 12.3 Å². The fraction of sp³-hybridized carbons (Fsp3) is 0.429. The van der Waals surface area contributed by atoms with Crippen LogP contribution in [0.15, 0.2) is 23.7 Å². The lowest BCUT2D eigenvalue weighted by Gasteiger charge is -2.18. The molecule has 0 saturated carbocycles. The molecule has 0 atom stereocenters. The van der Waals surface area contributed by atoms with E-state index in [0.29, 0.717) is 5.57 Å². The van der Waals surface area contributed by atoms with E-state index in [1.54, 1.807) is 13.8 Å². The zero-order valence-electron chi connectivity index (χ0n) is 6.83. The fourth-order valence-electron chi connectivity index (χ4n) is 0.608. The van der Waals surface area contributed by atoms with E-state index in [9.17, 15) is 5.11 Å². The Kier molecular flexibility index (Phi) is 2.95. The third kappa shape index (κ3) is 3.52. The molecule has 0 aliphatic carbocycles. The first kappa shape index (κ1) is 9.84. The molecule has 4 nitrogen and oxygen atoms in total. The van der Waals surface area contributed by atoms with E-state index in [0.717, 1.165) is 0 Å². The minimum Gasteiger partial charge on any atom is -0.404 e. The van der Waals surface area contributed by atoms with Crippen LogP contribution in [0.1, 0.15) is 13.8 Å². The van der Waals surface area contributed by atoms with Crippen molar-refractivity contribution in [2.45, 2.75) is 19.4 Å². The number of aliphatic hydroxyl groups is 1. The molecule has 0 spiro atoms. The molecule has 0 amide bonds. The summed E-state index contributed by atoms with van der Waals surface area (Å²) in [5.74, 6) is 0.129. The van der Waals surface area contributed by atoms with Crippen LogP contribution in [0.5, 0.6) is 0 Å². The van der Waals surface area contributed by atoms with Crippen LogP contribution < -0.4 is 17.2 Å². The van der Waals surface area contributed by atoms with Crippen LogP contribution >= 0.6 is 0 Å². The van der Waals surface area contributed by atoms with Crippen molar-refractivity contribution in [3.8, 4) is 0 Å². The quantitative estimate of drug-likeness (QED) is 0.401. The second kappa shape index (κ2) is 3.30. The van der Waals surface area contributed by atoms with Gasteiger partial charge in [-0.05, 0) is 19.9 Å². The molecule has 7 N–H and O–H groups in total. The standard InChI is InChI=1S/C7H15N3O/c1-7(2,11)5(4-8)3-6(9)10/h3-4,11H,8-10H2,1-2H3/b5-4+. The Morgan fingerprint density at radius 1 is 1.36 bits per heavy atom. The van der Waals surface area contributed by atoms with Crippen molar-refractivity contribution >= 4 is 0 Å². The molecule has 0 radical (unpaired) electrons. The number of hydrogen-bond acceptors (Lipinski definition) is 4. The first-order valence-electron chi connectivity index (χ1n) is 3.25. The predicted octanol–water partition coefficient (Wildman–Crippen LogP) is -0.641. The number of nitrogens with two attached hydrogens (primary N) is 3. The van der Waals surface area contributed by atoms with Crippen LogP contribution in [0.3, 0.4) is 0 Å². The van der Waals surface area contributed by atoms with E-state index < -0.39 is 5.60 Å². The zero-order chi connectivity index (χ0) is 9.07. The smallest absolute Gasteiger partial charge is 0.0937 e. The topological polar surface area (TPSA) is 98.3 Å². The molecule has 0 aromatic carbocycles. The van der Waals surface area contributed by atoms with Gasteiger partial charge < -0.3 is 22.3 Å². The summed E-state index contributed by atoms with van der Waals surface area (Å²) in [6.07, 6.45) is 2.71. The first-order chi connectivity index (χ1) is 4.88. The van der Waals surface area contributed by atoms with Gasteiger partial charge in [-0.25, -0.2) is 0 Å². The van der Waals surface area contributed by atoms with E-state index in [2.05, 4.69) is 0 Å². The monoisotopic (exact) mass is 157 g/mol. The SMILES string of the molecule is CC(C)(O)/C(C=C(N)N)=C/N. The van der Waals surface area contributed by atoms with Crippen LogP contribution in [-0.4, -0.2) is 10.7 Å². The van der Waals surface area contributed by atoms with Gasteiger partial charge in [0.2, 0.25) is 0 Å². The maximum atomic E-state index is 9.42.